The van der Waals surface area contributed by atoms with Crippen molar-refractivity contribution in [3.63, 3.8) is 0 Å². The average Bonchev–Trinajstić information content (AvgIpc) is 3.11. The first-order chi connectivity index (χ1) is 14.1. The minimum atomic E-state index is -0.147. The summed E-state index contributed by atoms with van der Waals surface area (Å²) in [6.07, 6.45) is 0.132. The minimum absolute atomic E-state index is 0.132. The number of oxazole rings is 1. The van der Waals surface area contributed by atoms with Crippen molar-refractivity contribution < 1.29 is 23.4 Å². The zero-order valence-corrected chi connectivity index (χ0v) is 16.7. The minimum Gasteiger partial charge on any atom is -0.497 e. The van der Waals surface area contributed by atoms with Crippen LogP contribution in [0.5, 0.6) is 17.2 Å². The maximum absolute atomic E-state index is 12.2. The quantitative estimate of drug-likeness (QED) is 0.558. The van der Waals surface area contributed by atoms with Gasteiger partial charge in [-0.2, -0.15) is 0 Å². The maximum atomic E-state index is 12.2. The van der Waals surface area contributed by atoms with Crippen LogP contribution in [0.3, 0.4) is 0 Å². The first kappa shape index (κ1) is 20.3. The highest BCUT2D eigenvalue weighted by molar-refractivity contribution is 5.78. The SMILES string of the molecule is COc1ccc(OCCNC(=O)Cc2nc(-c3ccccc3OC)oc2C)cc1. The number of amides is 1. The van der Waals surface area contributed by atoms with Crippen molar-refractivity contribution in [2.45, 2.75) is 13.3 Å². The van der Waals surface area contributed by atoms with Gasteiger partial charge in [-0.3, -0.25) is 4.79 Å². The summed E-state index contributed by atoms with van der Waals surface area (Å²) in [4.78, 5) is 16.7. The molecule has 1 heterocycles. The van der Waals surface area contributed by atoms with Crippen molar-refractivity contribution in [2.75, 3.05) is 27.4 Å². The molecule has 0 fully saturated rings. The Kier molecular flexibility index (Phi) is 6.73. The van der Waals surface area contributed by atoms with Gasteiger partial charge in [0.2, 0.25) is 11.8 Å². The second-order valence-corrected chi connectivity index (χ2v) is 6.27. The standard InChI is InChI=1S/C22H24N2O5/c1-15-19(24-22(29-15)18-6-4-5-7-20(18)27-3)14-21(25)23-12-13-28-17-10-8-16(26-2)9-11-17/h4-11H,12-14H2,1-3H3,(H,23,25). The van der Waals surface area contributed by atoms with Crippen LogP contribution in [0.2, 0.25) is 0 Å². The highest BCUT2D eigenvalue weighted by Crippen LogP contribution is 2.30. The van der Waals surface area contributed by atoms with Crippen LogP contribution in [0.4, 0.5) is 0 Å². The van der Waals surface area contributed by atoms with Gasteiger partial charge >= 0.3 is 0 Å². The number of rotatable bonds is 9. The van der Waals surface area contributed by atoms with Gasteiger partial charge in [0.15, 0.2) is 0 Å². The second kappa shape index (κ2) is 9.64. The van der Waals surface area contributed by atoms with E-state index in [0.29, 0.717) is 42.0 Å². The van der Waals surface area contributed by atoms with E-state index in [1.807, 2.05) is 48.5 Å². The Bertz CT molecular complexity index is 950. The number of hydrogen-bond acceptors (Lipinski definition) is 6. The topological polar surface area (TPSA) is 82.8 Å². The van der Waals surface area contributed by atoms with Gasteiger partial charge in [0.25, 0.3) is 0 Å². The monoisotopic (exact) mass is 396 g/mol. The molecule has 3 aromatic rings. The number of nitrogens with one attached hydrogen (secondary N) is 1. The molecule has 1 aromatic heterocycles. The third-order valence-corrected chi connectivity index (χ3v) is 4.31. The number of ether oxygens (including phenoxy) is 3. The number of hydrogen-bond donors (Lipinski definition) is 1. The number of carbonyl (C=O) groups excluding carboxylic acids is 1. The van der Waals surface area contributed by atoms with Gasteiger partial charge in [-0.15, -0.1) is 0 Å². The van der Waals surface area contributed by atoms with Crippen LogP contribution in [0, 0.1) is 6.92 Å². The van der Waals surface area contributed by atoms with Gasteiger partial charge in [-0.25, -0.2) is 4.98 Å². The number of methoxy groups -OCH3 is 2. The lowest BCUT2D eigenvalue weighted by Crippen LogP contribution is -2.29. The van der Waals surface area contributed by atoms with E-state index in [0.717, 1.165) is 11.3 Å². The van der Waals surface area contributed by atoms with E-state index >= 15 is 0 Å². The highest BCUT2D eigenvalue weighted by Gasteiger charge is 2.17. The van der Waals surface area contributed by atoms with Gasteiger partial charge < -0.3 is 23.9 Å². The molecule has 0 saturated heterocycles. The molecule has 2 aromatic carbocycles. The Hall–Kier alpha value is -3.48. The van der Waals surface area contributed by atoms with Crippen molar-refractivity contribution in [1.29, 1.82) is 0 Å². The van der Waals surface area contributed by atoms with E-state index in [1.54, 1.807) is 21.1 Å². The molecule has 7 nitrogen and oxygen atoms in total. The predicted octanol–water partition coefficient (Wildman–Crippen LogP) is 3.40. The highest BCUT2D eigenvalue weighted by atomic mass is 16.5. The molecule has 0 radical (unpaired) electrons. The fourth-order valence-electron chi connectivity index (χ4n) is 2.77. The predicted molar refractivity (Wildman–Crippen MR) is 108 cm³/mol. The summed E-state index contributed by atoms with van der Waals surface area (Å²) < 4.78 is 21.8. The molecule has 0 atom stereocenters. The van der Waals surface area contributed by atoms with Gasteiger partial charge in [0.05, 0.1) is 38.4 Å². The normalized spacial score (nSPS) is 10.4. The lowest BCUT2D eigenvalue weighted by atomic mass is 10.2. The van der Waals surface area contributed by atoms with E-state index in [9.17, 15) is 4.79 Å². The van der Waals surface area contributed by atoms with Crippen molar-refractivity contribution in [1.82, 2.24) is 10.3 Å². The molecule has 7 heteroatoms. The van der Waals surface area contributed by atoms with Crippen molar-refractivity contribution in [3.05, 3.63) is 60.0 Å². The lowest BCUT2D eigenvalue weighted by molar-refractivity contribution is -0.120. The second-order valence-electron chi connectivity index (χ2n) is 6.27. The fourth-order valence-corrected chi connectivity index (χ4v) is 2.77. The first-order valence-corrected chi connectivity index (χ1v) is 9.24. The Morgan fingerprint density at radius 3 is 2.48 bits per heavy atom. The van der Waals surface area contributed by atoms with Gasteiger partial charge in [0, 0.05) is 0 Å². The van der Waals surface area contributed by atoms with E-state index in [4.69, 9.17) is 18.6 Å². The van der Waals surface area contributed by atoms with E-state index < -0.39 is 0 Å². The van der Waals surface area contributed by atoms with Crippen LogP contribution in [-0.4, -0.2) is 38.3 Å². The molecule has 152 valence electrons. The van der Waals surface area contributed by atoms with E-state index in [2.05, 4.69) is 10.3 Å². The molecule has 0 aliphatic heterocycles. The van der Waals surface area contributed by atoms with Crippen LogP contribution >= 0.6 is 0 Å². The largest absolute Gasteiger partial charge is 0.497 e. The van der Waals surface area contributed by atoms with Crippen LogP contribution in [0.1, 0.15) is 11.5 Å². The zero-order valence-electron chi connectivity index (χ0n) is 16.7. The molecule has 1 amide bonds. The summed E-state index contributed by atoms with van der Waals surface area (Å²) in [6.45, 7) is 2.55. The molecule has 0 bridgehead atoms. The number of aryl methyl sites for hydroxylation is 1. The summed E-state index contributed by atoms with van der Waals surface area (Å²) in [6, 6.07) is 14.7. The van der Waals surface area contributed by atoms with Crippen LogP contribution in [0.25, 0.3) is 11.5 Å². The van der Waals surface area contributed by atoms with Crippen molar-refractivity contribution >= 4 is 5.91 Å². The number of nitrogens with zero attached hydrogens (tertiary/aromatic N) is 1. The molecule has 1 N–H and O–H groups in total. The Labute approximate surface area is 169 Å². The summed E-state index contributed by atoms with van der Waals surface area (Å²) in [5.41, 5.74) is 1.34. The molecular formula is C22H24N2O5. The number of para-hydroxylation sites is 1. The molecule has 3 rings (SSSR count). The summed E-state index contributed by atoms with van der Waals surface area (Å²) in [5, 5.41) is 2.83. The van der Waals surface area contributed by atoms with Crippen LogP contribution in [-0.2, 0) is 11.2 Å². The van der Waals surface area contributed by atoms with Crippen molar-refractivity contribution in [3.8, 4) is 28.7 Å². The summed E-state index contributed by atoms with van der Waals surface area (Å²) >= 11 is 0. The van der Waals surface area contributed by atoms with Gasteiger partial charge in [0.1, 0.15) is 29.6 Å². The van der Waals surface area contributed by atoms with Crippen LogP contribution in [0.15, 0.2) is 52.9 Å². The first-order valence-electron chi connectivity index (χ1n) is 9.24. The molecule has 0 spiro atoms. The number of benzene rings is 2. The molecule has 0 aliphatic carbocycles. The van der Waals surface area contributed by atoms with Gasteiger partial charge in [-0.1, -0.05) is 12.1 Å². The molecule has 29 heavy (non-hydrogen) atoms. The number of carbonyl (C=O) groups is 1. The summed E-state index contributed by atoms with van der Waals surface area (Å²) in [7, 11) is 3.21. The maximum Gasteiger partial charge on any atom is 0.230 e. The Balaban J connectivity index is 1.51. The lowest BCUT2D eigenvalue weighted by Gasteiger charge is -2.08. The third kappa shape index (κ3) is 5.28. The van der Waals surface area contributed by atoms with E-state index in [1.165, 1.54) is 0 Å². The third-order valence-electron chi connectivity index (χ3n) is 4.31. The Morgan fingerprint density at radius 1 is 1.03 bits per heavy atom. The number of aromatic nitrogens is 1. The Morgan fingerprint density at radius 2 is 1.76 bits per heavy atom. The molecule has 0 saturated carbocycles. The smallest absolute Gasteiger partial charge is 0.230 e. The molecule has 0 aliphatic rings. The molecular weight excluding hydrogens is 372 g/mol. The van der Waals surface area contributed by atoms with Gasteiger partial charge in [-0.05, 0) is 43.3 Å². The zero-order chi connectivity index (χ0) is 20.6. The average molecular weight is 396 g/mol. The summed E-state index contributed by atoms with van der Waals surface area (Å²) in [5.74, 6) is 3.04. The fraction of sp³-hybridized carbons (Fsp3) is 0.273. The van der Waals surface area contributed by atoms with Crippen LogP contribution < -0.4 is 19.5 Å². The van der Waals surface area contributed by atoms with E-state index in [-0.39, 0.29) is 12.3 Å². The molecule has 0 unspecified atom stereocenters. The van der Waals surface area contributed by atoms with Crippen molar-refractivity contribution in [2.24, 2.45) is 0 Å².